The monoisotopic (exact) mass is 226 g/mol. The lowest BCUT2D eigenvalue weighted by Gasteiger charge is -2.20. The number of hydrogen-bond donors (Lipinski definition) is 1. The topological polar surface area (TPSA) is 41.6 Å². The number of hydrogen-bond acceptors (Lipinski definition) is 3. The van der Waals surface area contributed by atoms with E-state index in [0.717, 1.165) is 39.2 Å². The molecule has 0 bridgehead atoms. The second kappa shape index (κ2) is 5.15. The van der Waals surface area contributed by atoms with E-state index < -0.39 is 0 Å². The minimum atomic E-state index is 0.216. The largest absolute Gasteiger partial charge is 0.384 e. The third-order valence-corrected chi connectivity index (χ3v) is 3.87. The predicted octanol–water partition coefficient (Wildman–Crippen LogP) is 0.337. The molecule has 0 saturated carbocycles. The first-order valence-electron chi connectivity index (χ1n) is 6.20. The first kappa shape index (κ1) is 11.9. The van der Waals surface area contributed by atoms with Crippen molar-refractivity contribution in [3.05, 3.63) is 0 Å². The Bertz CT molecular complexity index is 251. The van der Waals surface area contributed by atoms with Gasteiger partial charge >= 0.3 is 0 Å². The van der Waals surface area contributed by atoms with Crippen LogP contribution in [0, 0.1) is 17.8 Å². The van der Waals surface area contributed by atoms with Gasteiger partial charge in [-0.05, 0) is 18.9 Å². The maximum atomic E-state index is 12.2. The van der Waals surface area contributed by atoms with Gasteiger partial charge in [-0.15, -0.1) is 0 Å². The Labute approximate surface area is 97.3 Å². The van der Waals surface area contributed by atoms with Gasteiger partial charge in [0.05, 0.1) is 12.5 Å². The van der Waals surface area contributed by atoms with E-state index in [2.05, 4.69) is 12.2 Å². The molecule has 0 spiro atoms. The quantitative estimate of drug-likeness (QED) is 0.754. The van der Waals surface area contributed by atoms with Gasteiger partial charge in [0.25, 0.3) is 0 Å². The van der Waals surface area contributed by atoms with Crippen molar-refractivity contribution in [1.29, 1.82) is 0 Å². The van der Waals surface area contributed by atoms with Gasteiger partial charge < -0.3 is 15.0 Å². The number of amides is 1. The smallest absolute Gasteiger partial charge is 0.227 e. The molecular formula is C12H22N2O2. The van der Waals surface area contributed by atoms with Crippen LogP contribution in [-0.2, 0) is 9.53 Å². The lowest BCUT2D eigenvalue weighted by atomic mass is 10.00. The van der Waals surface area contributed by atoms with Crippen LogP contribution in [0.5, 0.6) is 0 Å². The number of carbonyl (C=O) groups excluding carboxylic acids is 1. The summed E-state index contributed by atoms with van der Waals surface area (Å²) in [6, 6.07) is 0. The van der Waals surface area contributed by atoms with Crippen molar-refractivity contribution in [1.82, 2.24) is 10.2 Å². The van der Waals surface area contributed by atoms with Gasteiger partial charge in [-0.3, -0.25) is 4.79 Å². The molecule has 0 unspecified atom stereocenters. The number of nitrogens with one attached hydrogen (secondary N) is 1. The summed E-state index contributed by atoms with van der Waals surface area (Å²) in [4.78, 5) is 14.2. The number of likely N-dealkylation sites (tertiary alicyclic amines) is 1. The van der Waals surface area contributed by atoms with Gasteiger partial charge in [0.1, 0.15) is 0 Å². The lowest BCUT2D eigenvalue weighted by molar-refractivity contribution is -0.134. The molecule has 3 atom stereocenters. The van der Waals surface area contributed by atoms with Crippen LogP contribution in [0.2, 0.25) is 0 Å². The second-order valence-corrected chi connectivity index (χ2v) is 5.13. The minimum absolute atomic E-state index is 0.216. The average molecular weight is 226 g/mol. The Hall–Kier alpha value is -0.610. The van der Waals surface area contributed by atoms with Gasteiger partial charge in [0.15, 0.2) is 0 Å². The SMILES string of the molecule is COC[C@@H]1CN(C(=O)[C@H]2CCNC2)C[C@H]1C. The van der Waals surface area contributed by atoms with Crippen molar-refractivity contribution in [3.63, 3.8) is 0 Å². The Balaban J connectivity index is 1.88. The highest BCUT2D eigenvalue weighted by Gasteiger charge is 2.35. The van der Waals surface area contributed by atoms with Gasteiger partial charge in [-0.25, -0.2) is 0 Å². The van der Waals surface area contributed by atoms with Crippen molar-refractivity contribution in [2.24, 2.45) is 17.8 Å². The summed E-state index contributed by atoms with van der Waals surface area (Å²) in [7, 11) is 1.73. The maximum Gasteiger partial charge on any atom is 0.227 e. The molecule has 1 N–H and O–H groups in total. The number of methoxy groups -OCH3 is 1. The van der Waals surface area contributed by atoms with E-state index >= 15 is 0 Å². The van der Waals surface area contributed by atoms with Crippen LogP contribution in [0.15, 0.2) is 0 Å². The molecule has 92 valence electrons. The number of nitrogens with zero attached hydrogens (tertiary/aromatic N) is 1. The van der Waals surface area contributed by atoms with Crippen LogP contribution < -0.4 is 5.32 Å². The van der Waals surface area contributed by atoms with Crippen LogP contribution >= 0.6 is 0 Å². The molecule has 16 heavy (non-hydrogen) atoms. The molecule has 2 aliphatic rings. The molecular weight excluding hydrogens is 204 g/mol. The van der Waals surface area contributed by atoms with E-state index in [1.807, 2.05) is 4.90 Å². The standard InChI is InChI=1S/C12H22N2O2/c1-9-6-14(7-11(9)8-16-2)12(15)10-3-4-13-5-10/h9-11,13H,3-8H2,1-2H3/t9-,10+,11+/m1/s1. The van der Waals surface area contributed by atoms with E-state index in [9.17, 15) is 4.79 Å². The predicted molar refractivity (Wildman–Crippen MR) is 62.1 cm³/mol. The van der Waals surface area contributed by atoms with Crippen LogP contribution in [0.1, 0.15) is 13.3 Å². The highest BCUT2D eigenvalue weighted by molar-refractivity contribution is 5.79. The van der Waals surface area contributed by atoms with Crippen molar-refractivity contribution >= 4 is 5.91 Å². The molecule has 2 rings (SSSR count). The van der Waals surface area contributed by atoms with Crippen molar-refractivity contribution in [2.45, 2.75) is 13.3 Å². The normalized spacial score (nSPS) is 34.6. The summed E-state index contributed by atoms with van der Waals surface area (Å²) in [5.41, 5.74) is 0. The summed E-state index contributed by atoms with van der Waals surface area (Å²) in [5, 5.41) is 3.25. The van der Waals surface area contributed by atoms with E-state index in [1.54, 1.807) is 7.11 Å². The molecule has 0 aromatic carbocycles. The molecule has 0 aliphatic carbocycles. The first-order valence-corrected chi connectivity index (χ1v) is 6.20. The molecule has 0 aromatic rings. The zero-order chi connectivity index (χ0) is 11.5. The van der Waals surface area contributed by atoms with Crippen LogP contribution in [0.25, 0.3) is 0 Å². The fraction of sp³-hybridized carbons (Fsp3) is 0.917. The number of carbonyl (C=O) groups is 1. The van der Waals surface area contributed by atoms with Gasteiger partial charge in [-0.1, -0.05) is 6.92 Å². The summed E-state index contributed by atoms with van der Waals surface area (Å²) < 4.78 is 5.20. The van der Waals surface area contributed by atoms with Crippen LogP contribution in [-0.4, -0.2) is 50.7 Å². The minimum Gasteiger partial charge on any atom is -0.384 e. The van der Waals surface area contributed by atoms with Gasteiger partial charge in [0.2, 0.25) is 5.91 Å². The fourth-order valence-corrected chi connectivity index (χ4v) is 2.77. The third-order valence-electron chi connectivity index (χ3n) is 3.87. The highest BCUT2D eigenvalue weighted by atomic mass is 16.5. The Morgan fingerprint density at radius 3 is 2.94 bits per heavy atom. The van der Waals surface area contributed by atoms with E-state index in [1.165, 1.54) is 0 Å². The zero-order valence-electron chi connectivity index (χ0n) is 10.2. The second-order valence-electron chi connectivity index (χ2n) is 5.13. The van der Waals surface area contributed by atoms with Crippen molar-refractivity contribution < 1.29 is 9.53 Å². The molecule has 0 aromatic heterocycles. The molecule has 1 amide bonds. The summed E-state index contributed by atoms with van der Waals surface area (Å²) >= 11 is 0. The maximum absolute atomic E-state index is 12.2. The average Bonchev–Trinajstić information content (AvgIpc) is 2.88. The summed E-state index contributed by atoms with van der Waals surface area (Å²) in [6.45, 7) is 6.62. The Morgan fingerprint density at radius 1 is 1.50 bits per heavy atom. The van der Waals surface area contributed by atoms with Crippen molar-refractivity contribution in [2.75, 3.05) is 39.9 Å². The van der Waals surface area contributed by atoms with Crippen LogP contribution in [0.4, 0.5) is 0 Å². The summed E-state index contributed by atoms with van der Waals surface area (Å²) in [5.74, 6) is 1.64. The van der Waals surface area contributed by atoms with Gasteiger partial charge in [0, 0.05) is 32.7 Å². The fourth-order valence-electron chi connectivity index (χ4n) is 2.77. The van der Waals surface area contributed by atoms with Crippen molar-refractivity contribution in [3.8, 4) is 0 Å². The zero-order valence-corrected chi connectivity index (χ0v) is 10.2. The molecule has 2 saturated heterocycles. The molecule has 4 nitrogen and oxygen atoms in total. The molecule has 2 heterocycles. The molecule has 2 aliphatic heterocycles. The Kier molecular flexibility index (Phi) is 3.82. The highest BCUT2D eigenvalue weighted by Crippen LogP contribution is 2.25. The van der Waals surface area contributed by atoms with Gasteiger partial charge in [-0.2, -0.15) is 0 Å². The number of ether oxygens (including phenoxy) is 1. The van der Waals surface area contributed by atoms with E-state index in [0.29, 0.717) is 17.7 Å². The van der Waals surface area contributed by atoms with E-state index in [-0.39, 0.29) is 5.92 Å². The van der Waals surface area contributed by atoms with E-state index in [4.69, 9.17) is 4.74 Å². The summed E-state index contributed by atoms with van der Waals surface area (Å²) in [6.07, 6.45) is 0.999. The van der Waals surface area contributed by atoms with Crippen LogP contribution in [0.3, 0.4) is 0 Å². The molecule has 0 radical (unpaired) electrons. The first-order chi connectivity index (χ1) is 7.72. The Morgan fingerprint density at radius 2 is 2.31 bits per heavy atom. The molecule has 4 heteroatoms. The number of rotatable bonds is 3. The third kappa shape index (κ3) is 2.38. The molecule has 2 fully saturated rings. The lowest BCUT2D eigenvalue weighted by Crippen LogP contribution is -2.35.